The Balaban J connectivity index is 1.63. The minimum absolute atomic E-state index is 0.115. The maximum atomic E-state index is 12.6. The van der Waals surface area contributed by atoms with Gasteiger partial charge in [-0.15, -0.1) is 0 Å². The Morgan fingerprint density at radius 1 is 1.28 bits per heavy atom. The second kappa shape index (κ2) is 5.89. The molecule has 0 radical (unpaired) electrons. The summed E-state index contributed by atoms with van der Waals surface area (Å²) in [7, 11) is 3.41. The van der Waals surface area contributed by atoms with Crippen molar-refractivity contribution in [1.82, 2.24) is 14.1 Å². The first kappa shape index (κ1) is 15.6. The quantitative estimate of drug-likeness (QED) is 0.786. The number of rotatable bonds is 3. The Morgan fingerprint density at radius 3 is 2.84 bits per heavy atom. The molecular weight excluding hydrogens is 324 g/mol. The van der Waals surface area contributed by atoms with Crippen molar-refractivity contribution in [2.75, 3.05) is 11.9 Å². The van der Waals surface area contributed by atoms with Crippen LogP contribution in [0.3, 0.4) is 0 Å². The highest BCUT2D eigenvalue weighted by Crippen LogP contribution is 2.30. The summed E-state index contributed by atoms with van der Waals surface area (Å²) in [6, 6.07) is 5.32. The van der Waals surface area contributed by atoms with E-state index in [9.17, 15) is 9.59 Å². The van der Waals surface area contributed by atoms with Gasteiger partial charge in [-0.3, -0.25) is 13.9 Å². The number of aromatic nitrogens is 3. The third-order valence-electron chi connectivity index (χ3n) is 4.56. The molecule has 1 aliphatic rings. The molecule has 2 aromatic heterocycles. The Morgan fingerprint density at radius 2 is 2.08 bits per heavy atom. The standard InChI is InChI=1S/C17H18N4O4/c1-20-11-6-5-10(8-12(11)21(2)17(20)23)19-16(22)14-15(25-9-18-14)13-4-3-7-24-13/h5-6,8-9,13H,3-4,7H2,1-2H3,(H,19,22)/t13-/m1/s1. The van der Waals surface area contributed by atoms with Gasteiger partial charge in [0.05, 0.1) is 11.0 Å². The second-order valence-electron chi connectivity index (χ2n) is 6.13. The van der Waals surface area contributed by atoms with Gasteiger partial charge in [-0.25, -0.2) is 9.78 Å². The molecule has 8 nitrogen and oxygen atoms in total. The molecule has 1 amide bonds. The fourth-order valence-electron chi connectivity index (χ4n) is 3.21. The summed E-state index contributed by atoms with van der Waals surface area (Å²) in [6.07, 6.45) is 2.79. The van der Waals surface area contributed by atoms with E-state index in [0.717, 1.165) is 23.9 Å². The van der Waals surface area contributed by atoms with E-state index in [4.69, 9.17) is 9.15 Å². The number of hydrogen-bond donors (Lipinski definition) is 1. The summed E-state index contributed by atoms with van der Waals surface area (Å²) >= 11 is 0. The van der Waals surface area contributed by atoms with Gasteiger partial charge in [0.25, 0.3) is 5.91 Å². The van der Waals surface area contributed by atoms with Crippen molar-refractivity contribution in [3.05, 3.63) is 46.5 Å². The Labute approximate surface area is 143 Å². The zero-order valence-corrected chi connectivity index (χ0v) is 14.0. The van der Waals surface area contributed by atoms with E-state index in [1.54, 1.807) is 41.4 Å². The lowest BCUT2D eigenvalue weighted by atomic mass is 10.1. The van der Waals surface area contributed by atoms with Gasteiger partial charge in [0.15, 0.2) is 17.8 Å². The van der Waals surface area contributed by atoms with E-state index < -0.39 is 0 Å². The second-order valence-corrected chi connectivity index (χ2v) is 6.13. The first-order valence-corrected chi connectivity index (χ1v) is 8.08. The zero-order valence-electron chi connectivity index (χ0n) is 14.0. The van der Waals surface area contributed by atoms with Crippen LogP contribution in [0.1, 0.15) is 35.2 Å². The van der Waals surface area contributed by atoms with Gasteiger partial charge in [0, 0.05) is 26.4 Å². The number of aryl methyl sites for hydroxylation is 2. The van der Waals surface area contributed by atoms with Gasteiger partial charge in [-0.05, 0) is 31.0 Å². The van der Waals surface area contributed by atoms with E-state index in [1.165, 1.54) is 6.39 Å². The molecule has 0 saturated carbocycles. The minimum atomic E-state index is -0.362. The summed E-state index contributed by atoms with van der Waals surface area (Å²) in [5, 5.41) is 2.81. The van der Waals surface area contributed by atoms with Crippen LogP contribution in [0, 0.1) is 0 Å². The van der Waals surface area contributed by atoms with Crippen LogP contribution in [0.5, 0.6) is 0 Å². The third-order valence-corrected chi connectivity index (χ3v) is 4.56. The van der Waals surface area contributed by atoms with Crippen molar-refractivity contribution in [2.45, 2.75) is 18.9 Å². The fourth-order valence-corrected chi connectivity index (χ4v) is 3.21. The summed E-state index contributed by atoms with van der Waals surface area (Å²) in [4.78, 5) is 28.6. The molecule has 0 bridgehead atoms. The zero-order chi connectivity index (χ0) is 17.6. The van der Waals surface area contributed by atoms with Crippen molar-refractivity contribution < 1.29 is 13.9 Å². The van der Waals surface area contributed by atoms with Crippen LogP contribution in [0.2, 0.25) is 0 Å². The summed E-state index contributed by atoms with van der Waals surface area (Å²) < 4.78 is 14.0. The Bertz CT molecular complexity index is 1010. The summed E-state index contributed by atoms with van der Waals surface area (Å²) in [5.74, 6) is 0.0997. The maximum absolute atomic E-state index is 12.6. The van der Waals surface area contributed by atoms with Crippen LogP contribution < -0.4 is 11.0 Å². The fraction of sp³-hybridized carbons (Fsp3) is 0.353. The van der Waals surface area contributed by atoms with Crippen molar-refractivity contribution in [2.24, 2.45) is 14.1 Å². The molecule has 0 spiro atoms. The number of benzene rings is 1. The molecule has 1 aliphatic heterocycles. The smallest absolute Gasteiger partial charge is 0.328 e. The van der Waals surface area contributed by atoms with E-state index in [1.807, 2.05) is 0 Å². The predicted octanol–water partition coefficient (Wildman–Crippen LogP) is 1.97. The maximum Gasteiger partial charge on any atom is 0.328 e. The lowest BCUT2D eigenvalue weighted by molar-refractivity contribution is 0.0889. The van der Waals surface area contributed by atoms with Crippen LogP contribution in [0.15, 0.2) is 33.8 Å². The predicted molar refractivity (Wildman–Crippen MR) is 90.5 cm³/mol. The van der Waals surface area contributed by atoms with E-state index >= 15 is 0 Å². The van der Waals surface area contributed by atoms with E-state index in [2.05, 4.69) is 10.3 Å². The van der Waals surface area contributed by atoms with Crippen LogP contribution in [-0.2, 0) is 18.8 Å². The summed E-state index contributed by atoms with van der Waals surface area (Å²) in [6.45, 7) is 0.658. The number of ether oxygens (including phenoxy) is 1. The molecule has 8 heteroatoms. The normalized spacial score (nSPS) is 17.3. The largest absolute Gasteiger partial charge is 0.445 e. The molecule has 0 aliphatic carbocycles. The molecule has 1 aromatic carbocycles. The van der Waals surface area contributed by atoms with Crippen molar-refractivity contribution in [3.8, 4) is 0 Å². The molecule has 1 saturated heterocycles. The van der Waals surface area contributed by atoms with Gasteiger partial charge in [0.1, 0.15) is 6.10 Å². The number of hydrogen-bond acceptors (Lipinski definition) is 5. The molecule has 1 N–H and O–H groups in total. The number of nitrogens with one attached hydrogen (secondary N) is 1. The lowest BCUT2D eigenvalue weighted by Crippen LogP contribution is -2.19. The summed E-state index contributed by atoms with van der Waals surface area (Å²) in [5.41, 5.74) is 2.24. The number of amides is 1. The number of anilines is 1. The minimum Gasteiger partial charge on any atom is -0.445 e. The van der Waals surface area contributed by atoms with E-state index in [-0.39, 0.29) is 23.4 Å². The molecule has 130 valence electrons. The van der Waals surface area contributed by atoms with Crippen LogP contribution in [0.4, 0.5) is 5.69 Å². The van der Waals surface area contributed by atoms with Crippen molar-refractivity contribution in [3.63, 3.8) is 0 Å². The van der Waals surface area contributed by atoms with Crippen molar-refractivity contribution >= 4 is 22.6 Å². The van der Waals surface area contributed by atoms with Crippen LogP contribution in [-0.4, -0.2) is 26.6 Å². The molecule has 3 aromatic rings. The highest BCUT2D eigenvalue weighted by atomic mass is 16.5. The molecule has 25 heavy (non-hydrogen) atoms. The van der Waals surface area contributed by atoms with Gasteiger partial charge in [-0.1, -0.05) is 0 Å². The number of nitrogens with zero attached hydrogens (tertiary/aromatic N) is 3. The monoisotopic (exact) mass is 342 g/mol. The first-order chi connectivity index (χ1) is 12.1. The highest BCUT2D eigenvalue weighted by molar-refractivity contribution is 6.04. The number of fused-ring (bicyclic) bond motifs is 1. The third kappa shape index (κ3) is 2.54. The van der Waals surface area contributed by atoms with Gasteiger partial charge >= 0.3 is 5.69 Å². The van der Waals surface area contributed by atoms with Crippen molar-refractivity contribution in [1.29, 1.82) is 0 Å². The van der Waals surface area contributed by atoms with Gasteiger partial charge in [-0.2, -0.15) is 0 Å². The van der Waals surface area contributed by atoms with Gasteiger partial charge < -0.3 is 14.5 Å². The SMILES string of the molecule is Cn1c(=O)n(C)c2cc(NC(=O)c3ncoc3[C@H]3CCCO3)ccc21. The number of carbonyl (C=O) groups excluding carboxylic acids is 1. The average Bonchev–Trinajstić information content (AvgIpc) is 3.33. The Hall–Kier alpha value is -2.87. The number of oxazole rings is 1. The van der Waals surface area contributed by atoms with Crippen LogP contribution >= 0.6 is 0 Å². The topological polar surface area (TPSA) is 91.3 Å². The molecule has 3 heterocycles. The molecular formula is C17H18N4O4. The number of carbonyl (C=O) groups is 1. The van der Waals surface area contributed by atoms with Crippen LogP contribution in [0.25, 0.3) is 11.0 Å². The molecule has 0 unspecified atom stereocenters. The molecule has 1 atom stereocenters. The highest BCUT2D eigenvalue weighted by Gasteiger charge is 2.28. The van der Waals surface area contributed by atoms with E-state index in [0.29, 0.717) is 18.1 Å². The Kier molecular flexibility index (Phi) is 3.69. The molecule has 1 fully saturated rings. The average molecular weight is 342 g/mol. The first-order valence-electron chi connectivity index (χ1n) is 8.08. The van der Waals surface area contributed by atoms with Gasteiger partial charge in [0.2, 0.25) is 0 Å². The number of imidazole rings is 1. The molecule has 4 rings (SSSR count). The lowest BCUT2D eigenvalue weighted by Gasteiger charge is -2.09.